The molecule has 0 saturated carbocycles. The zero-order valence-electron chi connectivity index (χ0n) is 8.63. The summed E-state index contributed by atoms with van der Waals surface area (Å²) in [5.74, 6) is 0.714. The summed E-state index contributed by atoms with van der Waals surface area (Å²) in [7, 11) is 1.84. The predicted octanol–water partition coefficient (Wildman–Crippen LogP) is 1.04. The average Bonchev–Trinajstić information content (AvgIpc) is 2.18. The summed E-state index contributed by atoms with van der Waals surface area (Å²) in [6.45, 7) is 4.63. The van der Waals surface area contributed by atoms with Crippen LogP contribution < -0.4 is 5.32 Å². The van der Waals surface area contributed by atoms with E-state index in [1.54, 1.807) is 0 Å². The van der Waals surface area contributed by atoms with Gasteiger partial charge in [-0.1, -0.05) is 0 Å². The first kappa shape index (κ1) is 10.5. The molecule has 1 atom stereocenters. The second-order valence-electron chi connectivity index (χ2n) is 3.97. The highest BCUT2D eigenvalue weighted by molar-refractivity contribution is 5.09. The molecule has 1 aliphatic rings. The lowest BCUT2D eigenvalue weighted by Gasteiger charge is -2.32. The van der Waals surface area contributed by atoms with Crippen LogP contribution in [0.25, 0.3) is 0 Å². The third-order valence-corrected chi connectivity index (χ3v) is 2.56. The minimum atomic E-state index is -0.558. The molecule has 0 fully saturated rings. The number of rotatable bonds is 3. The minimum absolute atomic E-state index is 0.330. The molecular formula is C10H19NO2. The largest absolute Gasteiger partial charge is 0.495 e. The molecule has 0 amide bonds. The number of aliphatic hydroxyl groups excluding tert-OH is 1. The van der Waals surface area contributed by atoms with Crippen molar-refractivity contribution in [2.75, 3.05) is 13.7 Å². The number of hydrogen-bond acceptors (Lipinski definition) is 3. The van der Waals surface area contributed by atoms with Gasteiger partial charge in [0, 0.05) is 5.54 Å². The smallest absolute Gasteiger partial charge is 0.128 e. The second-order valence-corrected chi connectivity index (χ2v) is 3.97. The Bertz CT molecular complexity index is 199. The van der Waals surface area contributed by atoms with Gasteiger partial charge in [-0.2, -0.15) is 0 Å². The van der Waals surface area contributed by atoms with E-state index in [0.29, 0.717) is 5.76 Å². The van der Waals surface area contributed by atoms with E-state index in [-0.39, 0.29) is 5.54 Å². The van der Waals surface area contributed by atoms with Crippen molar-refractivity contribution in [2.24, 2.45) is 0 Å². The standard InChI is InChI=1S/C10H19NO2/c1-10(2,11-3)9(12)8-6-4-5-7-13-8/h6,9,11-12H,4-5,7H2,1-3H3. The summed E-state index contributed by atoms with van der Waals surface area (Å²) >= 11 is 0. The van der Waals surface area contributed by atoms with Crippen LogP contribution in [0.3, 0.4) is 0 Å². The molecule has 0 aromatic carbocycles. The third-order valence-electron chi connectivity index (χ3n) is 2.56. The maximum absolute atomic E-state index is 9.95. The van der Waals surface area contributed by atoms with Crippen LogP contribution >= 0.6 is 0 Å². The Morgan fingerprint density at radius 1 is 1.62 bits per heavy atom. The summed E-state index contributed by atoms with van der Waals surface area (Å²) in [6.07, 6.45) is 3.48. The monoisotopic (exact) mass is 185 g/mol. The van der Waals surface area contributed by atoms with E-state index in [4.69, 9.17) is 4.74 Å². The molecule has 76 valence electrons. The van der Waals surface area contributed by atoms with Crippen LogP contribution in [0.2, 0.25) is 0 Å². The molecule has 0 bridgehead atoms. The van der Waals surface area contributed by atoms with Crippen LogP contribution in [-0.2, 0) is 4.74 Å². The van der Waals surface area contributed by atoms with Gasteiger partial charge in [0.05, 0.1) is 6.61 Å². The molecule has 2 N–H and O–H groups in total. The van der Waals surface area contributed by atoms with Crippen LogP contribution in [0.4, 0.5) is 0 Å². The van der Waals surface area contributed by atoms with Crippen LogP contribution in [0, 0.1) is 0 Å². The number of allylic oxidation sites excluding steroid dienone is 1. The van der Waals surface area contributed by atoms with Crippen LogP contribution in [0.1, 0.15) is 26.7 Å². The van der Waals surface area contributed by atoms with Crippen molar-refractivity contribution in [1.29, 1.82) is 0 Å². The molecule has 3 heteroatoms. The first-order valence-corrected chi connectivity index (χ1v) is 4.78. The van der Waals surface area contributed by atoms with E-state index in [0.717, 1.165) is 19.4 Å². The zero-order valence-corrected chi connectivity index (χ0v) is 8.63. The number of ether oxygens (including phenoxy) is 1. The van der Waals surface area contributed by atoms with Gasteiger partial charge in [-0.3, -0.25) is 0 Å². The quantitative estimate of drug-likeness (QED) is 0.690. The third kappa shape index (κ3) is 2.45. The van der Waals surface area contributed by atoms with E-state index < -0.39 is 6.10 Å². The van der Waals surface area contributed by atoms with Gasteiger partial charge in [-0.15, -0.1) is 0 Å². The topological polar surface area (TPSA) is 41.5 Å². The number of aliphatic hydroxyl groups is 1. The first-order valence-electron chi connectivity index (χ1n) is 4.78. The van der Waals surface area contributed by atoms with E-state index in [1.165, 1.54) is 0 Å². The molecule has 1 aliphatic heterocycles. The number of hydrogen-bond donors (Lipinski definition) is 2. The van der Waals surface area contributed by atoms with Gasteiger partial charge in [0.25, 0.3) is 0 Å². The van der Waals surface area contributed by atoms with Crippen molar-refractivity contribution in [2.45, 2.75) is 38.3 Å². The summed E-state index contributed by atoms with van der Waals surface area (Å²) in [4.78, 5) is 0. The van der Waals surface area contributed by atoms with Gasteiger partial charge in [-0.05, 0) is 39.8 Å². The highest BCUT2D eigenvalue weighted by Crippen LogP contribution is 2.21. The van der Waals surface area contributed by atoms with Gasteiger partial charge in [0.1, 0.15) is 11.9 Å². The predicted molar refractivity (Wildman–Crippen MR) is 52.4 cm³/mol. The lowest BCUT2D eigenvalue weighted by Crippen LogP contribution is -2.49. The Balaban J connectivity index is 2.65. The maximum atomic E-state index is 9.95. The molecule has 1 unspecified atom stereocenters. The fourth-order valence-electron chi connectivity index (χ4n) is 1.26. The SMILES string of the molecule is CNC(C)(C)C(O)C1=CCCCO1. The highest BCUT2D eigenvalue weighted by Gasteiger charge is 2.30. The van der Waals surface area contributed by atoms with Crippen molar-refractivity contribution < 1.29 is 9.84 Å². The molecule has 0 spiro atoms. The Kier molecular flexibility index (Phi) is 3.33. The fourth-order valence-corrected chi connectivity index (χ4v) is 1.26. The minimum Gasteiger partial charge on any atom is -0.495 e. The van der Waals surface area contributed by atoms with Crippen LogP contribution in [-0.4, -0.2) is 30.4 Å². The van der Waals surface area contributed by atoms with E-state index >= 15 is 0 Å². The molecule has 0 radical (unpaired) electrons. The highest BCUT2D eigenvalue weighted by atomic mass is 16.5. The molecule has 1 rings (SSSR count). The Morgan fingerprint density at radius 3 is 2.77 bits per heavy atom. The Morgan fingerprint density at radius 2 is 2.31 bits per heavy atom. The van der Waals surface area contributed by atoms with Gasteiger partial charge in [0.2, 0.25) is 0 Å². The molecular weight excluding hydrogens is 166 g/mol. The lowest BCUT2D eigenvalue weighted by molar-refractivity contribution is 0.0420. The summed E-state index contributed by atoms with van der Waals surface area (Å²) in [5.41, 5.74) is -0.330. The maximum Gasteiger partial charge on any atom is 0.128 e. The summed E-state index contributed by atoms with van der Waals surface area (Å²) in [6, 6.07) is 0. The Hall–Kier alpha value is -0.540. The molecule has 0 aliphatic carbocycles. The number of nitrogens with one attached hydrogen (secondary N) is 1. The Labute approximate surface area is 79.8 Å². The average molecular weight is 185 g/mol. The molecule has 3 nitrogen and oxygen atoms in total. The van der Waals surface area contributed by atoms with Crippen LogP contribution in [0.5, 0.6) is 0 Å². The van der Waals surface area contributed by atoms with E-state index in [9.17, 15) is 5.11 Å². The second kappa shape index (κ2) is 4.11. The van der Waals surface area contributed by atoms with Crippen molar-refractivity contribution in [1.82, 2.24) is 5.32 Å². The normalized spacial score (nSPS) is 20.5. The molecule has 0 aromatic rings. The van der Waals surface area contributed by atoms with E-state index in [1.807, 2.05) is 27.0 Å². The van der Waals surface area contributed by atoms with Crippen molar-refractivity contribution in [3.63, 3.8) is 0 Å². The van der Waals surface area contributed by atoms with Gasteiger partial charge >= 0.3 is 0 Å². The van der Waals surface area contributed by atoms with Gasteiger partial charge in [0.15, 0.2) is 0 Å². The van der Waals surface area contributed by atoms with Crippen molar-refractivity contribution >= 4 is 0 Å². The van der Waals surface area contributed by atoms with Crippen molar-refractivity contribution in [3.05, 3.63) is 11.8 Å². The summed E-state index contributed by atoms with van der Waals surface area (Å²) < 4.78 is 5.40. The summed E-state index contributed by atoms with van der Waals surface area (Å²) in [5, 5.41) is 13.0. The molecule has 0 aromatic heterocycles. The first-order chi connectivity index (χ1) is 6.08. The van der Waals surface area contributed by atoms with Crippen LogP contribution in [0.15, 0.2) is 11.8 Å². The molecule has 0 saturated heterocycles. The number of likely N-dealkylation sites (N-methyl/N-ethyl adjacent to an activating group) is 1. The molecule has 1 heterocycles. The molecule has 13 heavy (non-hydrogen) atoms. The van der Waals surface area contributed by atoms with Gasteiger partial charge < -0.3 is 15.2 Å². The van der Waals surface area contributed by atoms with Gasteiger partial charge in [-0.25, -0.2) is 0 Å². The fraction of sp³-hybridized carbons (Fsp3) is 0.800. The zero-order chi connectivity index (χ0) is 9.90. The lowest BCUT2D eigenvalue weighted by atomic mass is 9.95. The van der Waals surface area contributed by atoms with Crippen molar-refractivity contribution in [3.8, 4) is 0 Å². The van der Waals surface area contributed by atoms with E-state index in [2.05, 4.69) is 5.32 Å².